The van der Waals surface area contributed by atoms with E-state index in [1.165, 1.54) is 5.56 Å². The van der Waals surface area contributed by atoms with Gasteiger partial charge in [0.2, 0.25) is 0 Å². The first kappa shape index (κ1) is 25.4. The number of nitrogens with zero attached hydrogens (tertiary/aromatic N) is 3. The summed E-state index contributed by atoms with van der Waals surface area (Å²) in [5.74, 6) is 0.827. The monoisotopic (exact) mass is 524 g/mol. The first-order valence-corrected chi connectivity index (χ1v) is 13.4. The van der Waals surface area contributed by atoms with Crippen LogP contribution in [0.4, 0.5) is 5.82 Å². The molecule has 3 aliphatic rings. The third-order valence-corrected chi connectivity index (χ3v) is 8.63. The summed E-state index contributed by atoms with van der Waals surface area (Å²) in [6, 6.07) is 18.1. The van der Waals surface area contributed by atoms with Gasteiger partial charge < -0.3 is 24.8 Å². The van der Waals surface area contributed by atoms with Gasteiger partial charge in [0.15, 0.2) is 0 Å². The van der Waals surface area contributed by atoms with Crippen LogP contribution in [0.5, 0.6) is 5.75 Å². The Bertz CT molecular complexity index is 1480. The predicted molar refractivity (Wildman–Crippen MR) is 146 cm³/mol. The highest BCUT2D eigenvalue weighted by Crippen LogP contribution is 2.62. The van der Waals surface area contributed by atoms with Crippen LogP contribution in [0, 0.1) is 29.6 Å². The number of para-hydroxylation sites is 1. The molecule has 2 aliphatic heterocycles. The Balaban J connectivity index is 1.30. The number of benzene rings is 2. The molecule has 1 saturated carbocycles. The van der Waals surface area contributed by atoms with Crippen LogP contribution < -0.4 is 15.0 Å². The second-order valence-corrected chi connectivity index (χ2v) is 10.8. The van der Waals surface area contributed by atoms with Gasteiger partial charge in [-0.3, -0.25) is 4.79 Å². The molecule has 0 amide bonds. The SMILES string of the molecule is COC[C@H]1N(c2cccc(-c3cccc(C)c3OCc3ccc4c(c3C#N)CCNC4)n2)CC2C[C@@]21C(=O)O. The van der Waals surface area contributed by atoms with Gasteiger partial charge in [-0.1, -0.05) is 30.3 Å². The van der Waals surface area contributed by atoms with Crippen molar-refractivity contribution in [3.63, 3.8) is 0 Å². The number of aromatic nitrogens is 1. The highest BCUT2D eigenvalue weighted by Gasteiger charge is 2.71. The summed E-state index contributed by atoms with van der Waals surface area (Å²) in [6.07, 6.45) is 1.52. The fourth-order valence-electron chi connectivity index (χ4n) is 6.50. The number of methoxy groups -OCH3 is 1. The lowest BCUT2D eigenvalue weighted by Crippen LogP contribution is -2.43. The minimum absolute atomic E-state index is 0.111. The van der Waals surface area contributed by atoms with Crippen LogP contribution in [0.2, 0.25) is 0 Å². The van der Waals surface area contributed by atoms with E-state index >= 15 is 0 Å². The molecule has 2 N–H and O–H groups in total. The number of nitriles is 1. The lowest BCUT2D eigenvalue weighted by molar-refractivity contribution is -0.144. The number of piperidine rings is 1. The number of carbonyl (C=O) groups is 1. The molecular formula is C31H32N4O4. The molecule has 39 heavy (non-hydrogen) atoms. The lowest BCUT2D eigenvalue weighted by Gasteiger charge is -2.31. The molecule has 3 aromatic rings. The van der Waals surface area contributed by atoms with Crippen molar-refractivity contribution >= 4 is 11.8 Å². The van der Waals surface area contributed by atoms with Crippen LogP contribution in [0.25, 0.3) is 11.3 Å². The van der Waals surface area contributed by atoms with E-state index in [-0.39, 0.29) is 18.6 Å². The zero-order valence-electron chi connectivity index (χ0n) is 22.2. The minimum atomic E-state index is -0.755. The number of rotatable bonds is 8. The standard InChI is InChI=1S/C31H32N4O4/c1-19-5-3-6-24(29(19)39-17-21-10-9-20-15-33-12-11-23(20)25(21)14-32)26-7-4-8-28(34-26)35-16-22-13-31(22,30(36)37)27(35)18-38-2/h3-10,22,27,33H,11-13,15-18H2,1-2H3,(H,36,37)/t22?,27-,31-/m1/s1. The molecule has 3 atom stereocenters. The molecule has 3 heterocycles. The van der Waals surface area contributed by atoms with Gasteiger partial charge in [0.25, 0.3) is 0 Å². The van der Waals surface area contributed by atoms with Crippen molar-refractivity contribution < 1.29 is 19.4 Å². The van der Waals surface area contributed by atoms with Gasteiger partial charge in [-0.2, -0.15) is 5.26 Å². The quantitative estimate of drug-likeness (QED) is 0.454. The van der Waals surface area contributed by atoms with Gasteiger partial charge in [0.05, 0.1) is 35.4 Å². The number of carboxylic acids is 1. The molecule has 0 radical (unpaired) electrons. The summed E-state index contributed by atoms with van der Waals surface area (Å²) < 4.78 is 11.9. The Morgan fingerprint density at radius 1 is 1.26 bits per heavy atom. The third kappa shape index (κ3) is 4.22. The molecule has 8 nitrogen and oxygen atoms in total. The molecule has 1 saturated heterocycles. The molecule has 6 rings (SSSR count). The number of ether oxygens (including phenoxy) is 2. The number of aryl methyl sites for hydroxylation is 1. The normalized spacial score (nSPS) is 23.1. The maximum absolute atomic E-state index is 12.2. The molecule has 2 fully saturated rings. The van der Waals surface area contributed by atoms with Gasteiger partial charge in [0, 0.05) is 31.3 Å². The fraction of sp³-hybridized carbons (Fsp3) is 0.387. The van der Waals surface area contributed by atoms with E-state index in [9.17, 15) is 15.2 Å². The average Bonchev–Trinajstić information content (AvgIpc) is 3.60. The number of fused-ring (bicyclic) bond motifs is 2. The number of nitrogens with one attached hydrogen (secondary N) is 1. The van der Waals surface area contributed by atoms with Crippen LogP contribution >= 0.6 is 0 Å². The van der Waals surface area contributed by atoms with Gasteiger partial charge in [0.1, 0.15) is 18.2 Å². The largest absolute Gasteiger partial charge is 0.488 e. The Hall–Kier alpha value is -3.93. The Labute approximate surface area is 228 Å². The Morgan fingerprint density at radius 2 is 2.10 bits per heavy atom. The number of hydrogen-bond acceptors (Lipinski definition) is 7. The molecule has 1 unspecified atom stereocenters. The van der Waals surface area contributed by atoms with Gasteiger partial charge in [-0.05, 0) is 67.1 Å². The molecule has 8 heteroatoms. The van der Waals surface area contributed by atoms with Gasteiger partial charge in [-0.15, -0.1) is 0 Å². The Morgan fingerprint density at radius 3 is 2.90 bits per heavy atom. The van der Waals surface area contributed by atoms with Crippen LogP contribution in [0.15, 0.2) is 48.5 Å². The number of pyridine rings is 1. The maximum Gasteiger partial charge on any atom is 0.312 e. The summed E-state index contributed by atoms with van der Waals surface area (Å²) in [5, 5.41) is 23.3. The summed E-state index contributed by atoms with van der Waals surface area (Å²) in [4.78, 5) is 19.2. The fourth-order valence-corrected chi connectivity index (χ4v) is 6.50. The highest BCUT2D eigenvalue weighted by atomic mass is 16.5. The van der Waals surface area contributed by atoms with Crippen molar-refractivity contribution in [2.24, 2.45) is 11.3 Å². The van der Waals surface area contributed by atoms with Crippen molar-refractivity contribution in [3.8, 4) is 23.1 Å². The van der Waals surface area contributed by atoms with Crippen LogP contribution in [-0.2, 0) is 29.1 Å². The molecule has 1 aromatic heterocycles. The zero-order chi connectivity index (χ0) is 27.1. The number of aliphatic carboxylic acids is 1. The van der Waals surface area contributed by atoms with Crippen molar-refractivity contribution in [3.05, 3.63) is 76.3 Å². The lowest BCUT2D eigenvalue weighted by atomic mass is 9.92. The van der Waals surface area contributed by atoms with Gasteiger partial charge >= 0.3 is 5.97 Å². The third-order valence-electron chi connectivity index (χ3n) is 8.63. The van der Waals surface area contributed by atoms with E-state index in [1.807, 2.05) is 49.4 Å². The van der Waals surface area contributed by atoms with Crippen molar-refractivity contribution in [2.45, 2.75) is 39.0 Å². The molecule has 2 aromatic carbocycles. The number of carboxylic acid groups (broad SMARTS) is 1. The van der Waals surface area contributed by atoms with Crippen LogP contribution in [0.3, 0.4) is 0 Å². The second-order valence-electron chi connectivity index (χ2n) is 10.8. The average molecular weight is 525 g/mol. The van der Waals surface area contributed by atoms with Gasteiger partial charge in [-0.25, -0.2) is 4.98 Å². The molecular weight excluding hydrogens is 492 g/mol. The summed E-state index contributed by atoms with van der Waals surface area (Å²) in [5.41, 5.74) is 5.72. The van der Waals surface area contributed by atoms with E-state index in [0.717, 1.165) is 59.0 Å². The van der Waals surface area contributed by atoms with E-state index < -0.39 is 11.4 Å². The van der Waals surface area contributed by atoms with E-state index in [4.69, 9.17) is 14.5 Å². The molecule has 1 aliphatic carbocycles. The topological polar surface area (TPSA) is 108 Å². The smallest absolute Gasteiger partial charge is 0.312 e. The predicted octanol–water partition coefficient (Wildman–Crippen LogP) is 4.08. The Kier molecular flexibility index (Phi) is 6.49. The van der Waals surface area contributed by atoms with E-state index in [0.29, 0.717) is 25.1 Å². The molecule has 0 bridgehead atoms. The number of hydrogen-bond donors (Lipinski definition) is 2. The molecule has 0 spiro atoms. The summed E-state index contributed by atoms with van der Waals surface area (Å²) in [7, 11) is 1.61. The molecule has 200 valence electrons. The van der Waals surface area contributed by atoms with Crippen molar-refractivity contribution in [1.29, 1.82) is 5.26 Å². The number of anilines is 1. The van der Waals surface area contributed by atoms with Crippen LogP contribution in [-0.4, -0.2) is 48.9 Å². The first-order chi connectivity index (χ1) is 19.0. The van der Waals surface area contributed by atoms with Crippen LogP contribution in [0.1, 0.15) is 34.2 Å². The van der Waals surface area contributed by atoms with Crippen molar-refractivity contribution in [1.82, 2.24) is 10.3 Å². The highest BCUT2D eigenvalue weighted by molar-refractivity contribution is 5.82. The van der Waals surface area contributed by atoms with Crippen molar-refractivity contribution in [2.75, 3.05) is 31.7 Å². The first-order valence-electron chi connectivity index (χ1n) is 13.4. The van der Waals surface area contributed by atoms with E-state index in [2.05, 4.69) is 22.4 Å². The summed E-state index contributed by atoms with van der Waals surface area (Å²) >= 11 is 0. The maximum atomic E-state index is 12.2. The summed E-state index contributed by atoms with van der Waals surface area (Å²) in [6.45, 7) is 4.93. The zero-order valence-corrected chi connectivity index (χ0v) is 22.2. The minimum Gasteiger partial charge on any atom is -0.488 e. The van der Waals surface area contributed by atoms with E-state index in [1.54, 1.807) is 7.11 Å². The second kappa shape index (κ2) is 9.99.